The first-order valence-corrected chi connectivity index (χ1v) is 9.58. The lowest BCUT2D eigenvalue weighted by molar-refractivity contribution is -0.158. The number of ether oxygens (including phenoxy) is 1. The zero-order valence-corrected chi connectivity index (χ0v) is 16.4. The Morgan fingerprint density at radius 3 is 2.81 bits per heavy atom. The van der Waals surface area contributed by atoms with Gasteiger partial charge in [0.2, 0.25) is 0 Å². The lowest BCUT2D eigenvalue weighted by Crippen LogP contribution is -2.51. The molecule has 1 amide bonds. The second kappa shape index (κ2) is 8.17. The van der Waals surface area contributed by atoms with Crippen LogP contribution in [-0.4, -0.2) is 36.5 Å². The van der Waals surface area contributed by atoms with Gasteiger partial charge in [-0.3, -0.25) is 9.59 Å². The summed E-state index contributed by atoms with van der Waals surface area (Å²) >= 11 is 6.12. The molecule has 6 heteroatoms. The summed E-state index contributed by atoms with van der Waals surface area (Å²) in [5.74, 6) is 0.217. The average molecular weight is 390 g/mol. The van der Waals surface area contributed by atoms with Gasteiger partial charge < -0.3 is 14.1 Å². The van der Waals surface area contributed by atoms with Crippen LogP contribution in [0.3, 0.4) is 0 Å². The highest BCUT2D eigenvalue weighted by atomic mass is 35.5. The highest BCUT2D eigenvalue weighted by molar-refractivity contribution is 6.30. The number of carbonyl (C=O) groups is 2. The van der Waals surface area contributed by atoms with Crippen LogP contribution in [0.15, 0.2) is 41.0 Å². The van der Waals surface area contributed by atoms with Crippen molar-refractivity contribution in [2.24, 2.45) is 5.41 Å². The van der Waals surface area contributed by atoms with Crippen molar-refractivity contribution < 1.29 is 18.7 Å². The van der Waals surface area contributed by atoms with Crippen LogP contribution in [0.4, 0.5) is 0 Å². The SMILES string of the molecule is CCOC(=O)[C@@]1(Cc2cccc(Cl)c2)CCCN(C(=O)c2ccoc2C)C1. The molecule has 0 aliphatic carbocycles. The second-order valence-corrected chi connectivity index (χ2v) is 7.46. The third-order valence-electron chi connectivity index (χ3n) is 5.09. The van der Waals surface area contributed by atoms with E-state index in [4.69, 9.17) is 20.8 Å². The molecule has 144 valence electrons. The number of hydrogen-bond acceptors (Lipinski definition) is 4. The normalized spacial score (nSPS) is 19.7. The number of hydrogen-bond donors (Lipinski definition) is 0. The maximum absolute atomic E-state index is 12.9. The number of likely N-dealkylation sites (tertiary alicyclic amines) is 1. The molecule has 2 heterocycles. The first kappa shape index (κ1) is 19.5. The van der Waals surface area contributed by atoms with Gasteiger partial charge in [-0.2, -0.15) is 0 Å². The number of aryl methyl sites for hydroxylation is 1. The summed E-state index contributed by atoms with van der Waals surface area (Å²) in [6, 6.07) is 9.17. The minimum absolute atomic E-state index is 0.110. The van der Waals surface area contributed by atoms with Gasteiger partial charge in [-0.1, -0.05) is 23.7 Å². The zero-order chi connectivity index (χ0) is 19.4. The summed E-state index contributed by atoms with van der Waals surface area (Å²) in [6.45, 7) is 4.81. The fraction of sp³-hybridized carbons (Fsp3) is 0.429. The molecule has 1 atom stereocenters. The topological polar surface area (TPSA) is 59.8 Å². The molecule has 1 aromatic carbocycles. The fourth-order valence-corrected chi connectivity index (χ4v) is 4.00. The number of amides is 1. The first-order chi connectivity index (χ1) is 12.9. The van der Waals surface area contributed by atoms with E-state index >= 15 is 0 Å². The molecule has 1 aliphatic rings. The second-order valence-electron chi connectivity index (χ2n) is 7.03. The van der Waals surface area contributed by atoms with Crippen molar-refractivity contribution in [1.82, 2.24) is 4.90 Å². The van der Waals surface area contributed by atoms with Gasteiger partial charge in [0.1, 0.15) is 5.76 Å². The molecule has 2 aromatic rings. The van der Waals surface area contributed by atoms with Gasteiger partial charge in [0, 0.05) is 18.1 Å². The van der Waals surface area contributed by atoms with E-state index in [0.29, 0.717) is 48.9 Å². The van der Waals surface area contributed by atoms with Crippen molar-refractivity contribution in [2.75, 3.05) is 19.7 Å². The Balaban J connectivity index is 1.89. The van der Waals surface area contributed by atoms with E-state index in [9.17, 15) is 9.59 Å². The maximum atomic E-state index is 12.9. The number of furan rings is 1. The molecular weight excluding hydrogens is 366 g/mol. The van der Waals surface area contributed by atoms with Gasteiger partial charge in [-0.25, -0.2) is 0 Å². The number of benzene rings is 1. The monoisotopic (exact) mass is 389 g/mol. The number of esters is 1. The molecule has 1 aromatic heterocycles. The Kier molecular flexibility index (Phi) is 5.90. The lowest BCUT2D eigenvalue weighted by atomic mass is 9.75. The molecular formula is C21H24ClNO4. The molecule has 0 radical (unpaired) electrons. The van der Waals surface area contributed by atoms with E-state index in [0.717, 1.165) is 12.0 Å². The third-order valence-corrected chi connectivity index (χ3v) is 5.33. The van der Waals surface area contributed by atoms with Crippen LogP contribution in [0.2, 0.25) is 5.02 Å². The van der Waals surface area contributed by atoms with E-state index in [2.05, 4.69) is 0 Å². The van der Waals surface area contributed by atoms with Crippen LogP contribution < -0.4 is 0 Å². The number of carbonyl (C=O) groups excluding carboxylic acids is 2. The largest absolute Gasteiger partial charge is 0.469 e. The van der Waals surface area contributed by atoms with Crippen molar-refractivity contribution in [1.29, 1.82) is 0 Å². The van der Waals surface area contributed by atoms with E-state index in [1.165, 1.54) is 6.26 Å². The lowest BCUT2D eigenvalue weighted by Gasteiger charge is -2.41. The molecule has 5 nitrogen and oxygen atoms in total. The van der Waals surface area contributed by atoms with Crippen LogP contribution in [0.25, 0.3) is 0 Å². The minimum atomic E-state index is -0.772. The molecule has 0 unspecified atom stereocenters. The van der Waals surface area contributed by atoms with Crippen molar-refractivity contribution in [2.45, 2.75) is 33.1 Å². The Hall–Kier alpha value is -2.27. The predicted octanol–water partition coefficient (Wildman–Crippen LogP) is 4.27. The van der Waals surface area contributed by atoms with Gasteiger partial charge >= 0.3 is 5.97 Å². The van der Waals surface area contributed by atoms with Crippen LogP contribution in [-0.2, 0) is 16.0 Å². The van der Waals surface area contributed by atoms with Gasteiger partial charge in [0.25, 0.3) is 5.91 Å². The molecule has 3 rings (SSSR count). The molecule has 1 fully saturated rings. The molecule has 0 saturated carbocycles. The van der Waals surface area contributed by atoms with Crippen molar-refractivity contribution in [3.8, 4) is 0 Å². The highest BCUT2D eigenvalue weighted by Gasteiger charge is 2.45. The molecule has 1 saturated heterocycles. The Morgan fingerprint density at radius 1 is 1.33 bits per heavy atom. The number of nitrogens with zero attached hydrogens (tertiary/aromatic N) is 1. The van der Waals surface area contributed by atoms with Crippen molar-refractivity contribution in [3.05, 3.63) is 58.5 Å². The van der Waals surface area contributed by atoms with Crippen LogP contribution in [0, 0.1) is 12.3 Å². The number of piperidine rings is 1. The van der Waals surface area contributed by atoms with Gasteiger partial charge in [0.15, 0.2) is 0 Å². The quantitative estimate of drug-likeness (QED) is 0.716. The summed E-state index contributed by atoms with van der Waals surface area (Å²) in [5.41, 5.74) is 0.730. The van der Waals surface area contributed by atoms with Crippen molar-refractivity contribution >= 4 is 23.5 Å². The number of halogens is 1. The molecule has 1 aliphatic heterocycles. The van der Waals surface area contributed by atoms with Gasteiger partial charge in [-0.15, -0.1) is 0 Å². The van der Waals surface area contributed by atoms with E-state index in [1.54, 1.807) is 30.9 Å². The Morgan fingerprint density at radius 2 is 2.15 bits per heavy atom. The van der Waals surface area contributed by atoms with Crippen LogP contribution >= 0.6 is 11.6 Å². The zero-order valence-electron chi connectivity index (χ0n) is 15.7. The number of rotatable bonds is 5. The van der Waals surface area contributed by atoms with Gasteiger partial charge in [-0.05, 0) is 56.9 Å². The average Bonchev–Trinajstić information content (AvgIpc) is 3.07. The molecule has 0 bridgehead atoms. The summed E-state index contributed by atoms with van der Waals surface area (Å²) in [4.78, 5) is 27.6. The van der Waals surface area contributed by atoms with E-state index in [-0.39, 0.29) is 11.9 Å². The molecule has 0 N–H and O–H groups in total. The van der Waals surface area contributed by atoms with E-state index < -0.39 is 5.41 Å². The summed E-state index contributed by atoms with van der Waals surface area (Å²) in [7, 11) is 0. The predicted molar refractivity (Wildman–Crippen MR) is 103 cm³/mol. The third kappa shape index (κ3) is 4.19. The first-order valence-electron chi connectivity index (χ1n) is 9.20. The summed E-state index contributed by atoms with van der Waals surface area (Å²) in [5, 5.41) is 0.629. The van der Waals surface area contributed by atoms with Crippen molar-refractivity contribution in [3.63, 3.8) is 0 Å². The van der Waals surface area contributed by atoms with Crippen LogP contribution in [0.5, 0.6) is 0 Å². The van der Waals surface area contributed by atoms with Gasteiger partial charge in [0.05, 0.1) is 23.8 Å². The summed E-state index contributed by atoms with van der Waals surface area (Å²) < 4.78 is 10.7. The van der Waals surface area contributed by atoms with E-state index in [1.807, 2.05) is 18.2 Å². The molecule has 0 spiro atoms. The molecule has 27 heavy (non-hydrogen) atoms. The smallest absolute Gasteiger partial charge is 0.314 e. The Bertz CT molecular complexity index is 831. The van der Waals surface area contributed by atoms with Crippen LogP contribution in [0.1, 0.15) is 41.4 Å². The Labute approximate surface area is 164 Å². The minimum Gasteiger partial charge on any atom is -0.469 e. The fourth-order valence-electron chi connectivity index (χ4n) is 3.79. The summed E-state index contributed by atoms with van der Waals surface area (Å²) in [6.07, 6.45) is 3.41. The maximum Gasteiger partial charge on any atom is 0.314 e. The highest BCUT2D eigenvalue weighted by Crippen LogP contribution is 2.36. The standard InChI is InChI=1S/C21H24ClNO4/c1-3-26-20(25)21(13-16-6-4-7-17(22)12-16)9-5-10-23(14-21)19(24)18-8-11-27-15(18)2/h4,6-8,11-12H,3,5,9-10,13-14H2,1-2H3/t21-/m1/s1.